The minimum absolute atomic E-state index is 0.0691. The molecule has 0 radical (unpaired) electrons. The molecule has 0 aliphatic heterocycles. The summed E-state index contributed by atoms with van der Waals surface area (Å²) in [6.45, 7) is 3.17. The van der Waals surface area contributed by atoms with Crippen molar-refractivity contribution in [1.82, 2.24) is 4.72 Å². The molecule has 0 spiro atoms. The summed E-state index contributed by atoms with van der Waals surface area (Å²) in [5.41, 5.74) is 1.20. The summed E-state index contributed by atoms with van der Waals surface area (Å²) in [7, 11) is -4.07. The maximum absolute atomic E-state index is 13.2. The molecule has 0 fully saturated rings. The van der Waals surface area contributed by atoms with E-state index in [4.69, 9.17) is 27.9 Å². The number of carbonyl (C=O) groups is 3. The van der Waals surface area contributed by atoms with Gasteiger partial charge in [0, 0.05) is 27.7 Å². The molecule has 0 aromatic heterocycles. The van der Waals surface area contributed by atoms with Crippen LogP contribution in [0.4, 0.5) is 5.69 Å². The van der Waals surface area contributed by atoms with Crippen molar-refractivity contribution in [2.75, 3.05) is 11.9 Å². The zero-order valence-electron chi connectivity index (χ0n) is 23.0. The molecule has 9 nitrogen and oxygen atoms in total. The Morgan fingerprint density at radius 1 is 0.929 bits per heavy atom. The molecule has 0 saturated carbocycles. The van der Waals surface area contributed by atoms with Gasteiger partial charge in [-0.15, -0.1) is 0 Å². The Morgan fingerprint density at radius 3 is 2.38 bits per heavy atom. The van der Waals surface area contributed by atoms with Gasteiger partial charge in [-0.05, 0) is 73.5 Å². The van der Waals surface area contributed by atoms with Crippen LogP contribution in [0.15, 0.2) is 59.5 Å². The van der Waals surface area contributed by atoms with Crippen LogP contribution >= 0.6 is 23.2 Å². The van der Waals surface area contributed by atoms with Crippen LogP contribution in [0, 0.1) is 18.3 Å². The first-order valence-corrected chi connectivity index (χ1v) is 15.3. The second-order valence-corrected chi connectivity index (χ2v) is 12.0. The minimum Gasteiger partial charge on any atom is -0.483 e. The molecule has 0 saturated heterocycles. The van der Waals surface area contributed by atoms with E-state index in [-0.39, 0.29) is 43.8 Å². The van der Waals surface area contributed by atoms with Crippen molar-refractivity contribution < 1.29 is 27.5 Å². The van der Waals surface area contributed by atoms with E-state index in [0.29, 0.717) is 17.7 Å². The lowest BCUT2D eigenvalue weighted by Gasteiger charge is -2.14. The molecule has 0 aliphatic carbocycles. The number of ketones is 1. The number of carbonyl (C=O) groups excluding carboxylic acids is 3. The van der Waals surface area contributed by atoms with E-state index in [2.05, 4.69) is 10.0 Å². The van der Waals surface area contributed by atoms with Crippen molar-refractivity contribution in [3.8, 4) is 11.8 Å². The molecular formula is C30H29Cl2N3O6S. The summed E-state index contributed by atoms with van der Waals surface area (Å²) >= 11 is 12.1. The van der Waals surface area contributed by atoms with Crippen LogP contribution in [0.2, 0.25) is 10.0 Å². The first-order valence-electron chi connectivity index (χ1n) is 13.1. The molecule has 0 unspecified atom stereocenters. The Hall–Kier alpha value is -3.91. The van der Waals surface area contributed by atoms with Gasteiger partial charge in [-0.3, -0.25) is 14.4 Å². The van der Waals surface area contributed by atoms with Crippen LogP contribution in [-0.4, -0.2) is 32.6 Å². The van der Waals surface area contributed by atoms with Crippen molar-refractivity contribution in [2.24, 2.45) is 0 Å². The summed E-state index contributed by atoms with van der Waals surface area (Å²) in [5.74, 6) is -1.56. The van der Waals surface area contributed by atoms with E-state index in [1.165, 1.54) is 54.6 Å². The third kappa shape index (κ3) is 9.05. The second-order valence-electron chi connectivity index (χ2n) is 9.46. The fourth-order valence-electron chi connectivity index (χ4n) is 3.99. The number of aryl methyl sites for hydroxylation is 1. The Kier molecular flexibility index (Phi) is 11.5. The van der Waals surface area contributed by atoms with Crippen LogP contribution < -0.4 is 14.8 Å². The van der Waals surface area contributed by atoms with Gasteiger partial charge >= 0.3 is 0 Å². The van der Waals surface area contributed by atoms with Crippen LogP contribution in [0.5, 0.6) is 5.75 Å². The van der Waals surface area contributed by atoms with Gasteiger partial charge in [0.2, 0.25) is 5.91 Å². The number of anilines is 1. The highest BCUT2D eigenvalue weighted by molar-refractivity contribution is 7.90. The van der Waals surface area contributed by atoms with Crippen molar-refractivity contribution >= 4 is 56.5 Å². The summed E-state index contributed by atoms with van der Waals surface area (Å²) in [6.07, 6.45) is 3.55. The average Bonchev–Trinajstić information content (AvgIpc) is 2.94. The van der Waals surface area contributed by atoms with E-state index in [0.717, 1.165) is 19.3 Å². The zero-order valence-corrected chi connectivity index (χ0v) is 25.3. The first-order chi connectivity index (χ1) is 19.9. The summed E-state index contributed by atoms with van der Waals surface area (Å²) < 4.78 is 33.0. The Labute approximate surface area is 254 Å². The van der Waals surface area contributed by atoms with Gasteiger partial charge in [-0.25, -0.2) is 13.1 Å². The number of nitriles is 1. The highest BCUT2D eigenvalue weighted by Crippen LogP contribution is 2.27. The fourth-order valence-corrected chi connectivity index (χ4v) is 5.50. The number of hydrogen-bond donors (Lipinski definition) is 2. The fraction of sp³-hybridized carbons (Fsp3) is 0.267. The lowest BCUT2D eigenvalue weighted by molar-refractivity contribution is -0.119. The van der Waals surface area contributed by atoms with Crippen LogP contribution in [0.3, 0.4) is 0 Å². The van der Waals surface area contributed by atoms with Crippen LogP contribution in [0.25, 0.3) is 0 Å². The smallest absolute Gasteiger partial charge is 0.264 e. The van der Waals surface area contributed by atoms with Crippen molar-refractivity contribution in [3.63, 3.8) is 0 Å². The maximum atomic E-state index is 13.2. The SMILES string of the molecule is CCCCCCC(=O)NS(=O)(=O)c1ccc(NC(=O)COc2ccc(Cl)cc2C(=O)c2cc(Cl)cc(C#N)c2)c(C)c1. The Morgan fingerprint density at radius 2 is 1.69 bits per heavy atom. The van der Waals surface area contributed by atoms with E-state index < -0.39 is 34.2 Å². The molecule has 3 rings (SSSR count). The van der Waals surface area contributed by atoms with Gasteiger partial charge in [-0.2, -0.15) is 5.26 Å². The molecular weight excluding hydrogens is 601 g/mol. The van der Waals surface area contributed by atoms with E-state index in [1.807, 2.05) is 13.0 Å². The lowest BCUT2D eigenvalue weighted by Crippen LogP contribution is -2.30. The Bertz CT molecular complexity index is 1650. The molecule has 12 heteroatoms. The topological polar surface area (TPSA) is 142 Å². The molecule has 0 heterocycles. The van der Waals surface area contributed by atoms with E-state index in [9.17, 15) is 28.1 Å². The summed E-state index contributed by atoms with van der Waals surface area (Å²) in [4.78, 5) is 37.9. The number of hydrogen-bond acceptors (Lipinski definition) is 7. The number of unbranched alkanes of at least 4 members (excludes halogenated alkanes) is 3. The molecule has 3 aromatic rings. The summed E-state index contributed by atoms with van der Waals surface area (Å²) in [6, 6.07) is 14.5. The van der Waals surface area contributed by atoms with Gasteiger partial charge < -0.3 is 10.1 Å². The number of ether oxygens (including phenoxy) is 1. The predicted molar refractivity (Wildman–Crippen MR) is 160 cm³/mol. The molecule has 220 valence electrons. The quantitative estimate of drug-likeness (QED) is 0.169. The molecule has 2 amide bonds. The number of rotatable bonds is 13. The monoisotopic (exact) mass is 629 g/mol. The number of amides is 2. The number of halogens is 2. The van der Waals surface area contributed by atoms with Gasteiger partial charge in [0.15, 0.2) is 12.4 Å². The first kappa shape index (κ1) is 32.6. The molecule has 0 aliphatic rings. The number of benzene rings is 3. The lowest BCUT2D eigenvalue weighted by atomic mass is 10.0. The maximum Gasteiger partial charge on any atom is 0.264 e. The highest BCUT2D eigenvalue weighted by Gasteiger charge is 2.20. The van der Waals surface area contributed by atoms with E-state index in [1.54, 1.807) is 6.92 Å². The number of nitrogens with zero attached hydrogens (tertiary/aromatic N) is 1. The van der Waals surface area contributed by atoms with Gasteiger partial charge in [0.25, 0.3) is 15.9 Å². The molecule has 3 aromatic carbocycles. The summed E-state index contributed by atoms with van der Waals surface area (Å²) in [5, 5.41) is 12.3. The number of sulfonamides is 1. The normalized spacial score (nSPS) is 10.9. The molecule has 2 N–H and O–H groups in total. The molecule has 42 heavy (non-hydrogen) atoms. The number of nitrogens with one attached hydrogen (secondary N) is 2. The van der Waals surface area contributed by atoms with Gasteiger partial charge in [0.05, 0.1) is 22.1 Å². The van der Waals surface area contributed by atoms with Crippen LogP contribution in [-0.2, 0) is 19.6 Å². The van der Waals surface area contributed by atoms with Crippen molar-refractivity contribution in [2.45, 2.75) is 50.8 Å². The predicted octanol–water partition coefficient (Wildman–Crippen LogP) is 6.20. The zero-order chi connectivity index (χ0) is 30.9. The van der Waals surface area contributed by atoms with E-state index >= 15 is 0 Å². The average molecular weight is 631 g/mol. The van der Waals surface area contributed by atoms with Gasteiger partial charge in [-0.1, -0.05) is 49.4 Å². The molecule has 0 bridgehead atoms. The standard InChI is InChI=1S/C30H29Cl2N3O6S/c1-3-4-5-6-7-28(36)35-42(39,40)24-9-10-26(19(2)12-24)34-29(37)18-41-27-11-8-22(31)16-25(27)30(38)21-13-20(17-33)14-23(32)15-21/h8-16H,3-7,18H2,1-2H3,(H,34,37)(H,35,36). The Balaban J connectivity index is 1.67. The third-order valence-electron chi connectivity index (χ3n) is 6.12. The minimum atomic E-state index is -4.07. The van der Waals surface area contributed by atoms with Gasteiger partial charge in [0.1, 0.15) is 5.75 Å². The largest absolute Gasteiger partial charge is 0.483 e. The van der Waals surface area contributed by atoms with Crippen LogP contribution in [0.1, 0.15) is 66.1 Å². The highest BCUT2D eigenvalue weighted by atomic mass is 35.5. The second kappa shape index (κ2) is 14.8. The van der Waals surface area contributed by atoms with Crippen molar-refractivity contribution in [1.29, 1.82) is 5.26 Å². The molecule has 0 atom stereocenters. The van der Waals surface area contributed by atoms with Crippen molar-refractivity contribution in [3.05, 3.63) is 86.9 Å². The third-order valence-corrected chi connectivity index (χ3v) is 7.95.